The SMILES string of the molecule is CCOC(=O)c1ccccc1N=Nc1cc(S(=O)(=O)O)c(N)c(N=Nc2ccccc2C(=O)OCC)c1N. The van der Waals surface area contributed by atoms with Crippen LogP contribution in [0, 0.1) is 0 Å². The lowest BCUT2D eigenvalue weighted by Gasteiger charge is -2.11. The van der Waals surface area contributed by atoms with Crippen LogP contribution in [0.5, 0.6) is 0 Å². The van der Waals surface area contributed by atoms with Crippen molar-refractivity contribution in [3.05, 3.63) is 65.7 Å². The number of rotatable bonds is 9. The van der Waals surface area contributed by atoms with Crippen LogP contribution < -0.4 is 11.5 Å². The third-order valence-electron chi connectivity index (χ3n) is 4.92. The number of azo groups is 2. The van der Waals surface area contributed by atoms with Gasteiger partial charge in [-0.2, -0.15) is 8.42 Å². The van der Waals surface area contributed by atoms with Gasteiger partial charge in [-0.1, -0.05) is 24.3 Å². The molecule has 0 saturated heterocycles. The predicted molar refractivity (Wildman–Crippen MR) is 138 cm³/mol. The summed E-state index contributed by atoms with van der Waals surface area (Å²) < 4.78 is 43.8. The highest BCUT2D eigenvalue weighted by molar-refractivity contribution is 7.86. The quantitative estimate of drug-likeness (QED) is 0.139. The molecule has 0 amide bonds. The fraction of sp³-hybridized carbons (Fsp3) is 0.167. The molecular formula is C24H24N6O7S. The van der Waals surface area contributed by atoms with Gasteiger partial charge in [0.1, 0.15) is 27.6 Å². The van der Waals surface area contributed by atoms with Gasteiger partial charge in [-0.25, -0.2) is 9.59 Å². The zero-order valence-electron chi connectivity index (χ0n) is 20.4. The van der Waals surface area contributed by atoms with Crippen molar-refractivity contribution in [2.45, 2.75) is 18.7 Å². The van der Waals surface area contributed by atoms with E-state index in [1.165, 1.54) is 24.3 Å². The Morgan fingerprint density at radius 1 is 0.763 bits per heavy atom. The molecule has 0 spiro atoms. The van der Waals surface area contributed by atoms with Crippen molar-refractivity contribution >= 4 is 56.2 Å². The summed E-state index contributed by atoms with van der Waals surface area (Å²) in [6, 6.07) is 13.2. The molecule has 5 N–H and O–H groups in total. The van der Waals surface area contributed by atoms with Gasteiger partial charge in [0, 0.05) is 0 Å². The minimum Gasteiger partial charge on any atom is -0.462 e. The summed E-state index contributed by atoms with van der Waals surface area (Å²) in [4.78, 5) is 23.7. The van der Waals surface area contributed by atoms with Gasteiger partial charge in [0.25, 0.3) is 10.1 Å². The predicted octanol–water partition coefficient (Wildman–Crippen LogP) is 5.28. The molecule has 0 aliphatic heterocycles. The van der Waals surface area contributed by atoms with Crippen LogP contribution >= 0.6 is 0 Å². The van der Waals surface area contributed by atoms with Gasteiger partial charge in [0.2, 0.25) is 0 Å². The van der Waals surface area contributed by atoms with Crippen LogP contribution in [0.15, 0.2) is 79.9 Å². The summed E-state index contributed by atoms with van der Waals surface area (Å²) in [7, 11) is -4.85. The molecule has 0 aromatic heterocycles. The van der Waals surface area contributed by atoms with Gasteiger partial charge in [-0.3, -0.25) is 4.55 Å². The van der Waals surface area contributed by atoms with E-state index in [1.807, 2.05) is 0 Å². The lowest BCUT2D eigenvalue weighted by Crippen LogP contribution is -2.05. The average molecular weight is 541 g/mol. The monoisotopic (exact) mass is 540 g/mol. The second-order valence-electron chi connectivity index (χ2n) is 7.42. The van der Waals surface area contributed by atoms with E-state index < -0.39 is 32.6 Å². The first-order valence-electron chi connectivity index (χ1n) is 11.1. The Bertz CT molecular complexity index is 1540. The minimum atomic E-state index is -4.85. The summed E-state index contributed by atoms with van der Waals surface area (Å²) in [5.41, 5.74) is 11.2. The van der Waals surface area contributed by atoms with E-state index in [9.17, 15) is 22.6 Å². The smallest absolute Gasteiger partial charge is 0.340 e. The van der Waals surface area contributed by atoms with Gasteiger partial charge in [-0.05, 0) is 44.2 Å². The van der Waals surface area contributed by atoms with E-state index in [4.69, 9.17) is 20.9 Å². The molecule has 0 saturated carbocycles. The highest BCUT2D eigenvalue weighted by atomic mass is 32.2. The highest BCUT2D eigenvalue weighted by Gasteiger charge is 2.23. The maximum absolute atomic E-state index is 12.2. The number of carbonyl (C=O) groups excluding carboxylic acids is 2. The third-order valence-corrected chi connectivity index (χ3v) is 5.81. The lowest BCUT2D eigenvalue weighted by atomic mass is 10.2. The zero-order valence-corrected chi connectivity index (χ0v) is 21.2. The molecule has 0 unspecified atom stereocenters. The third kappa shape index (κ3) is 6.35. The number of ether oxygens (including phenoxy) is 2. The van der Waals surface area contributed by atoms with Gasteiger partial charge in [0.15, 0.2) is 0 Å². The van der Waals surface area contributed by atoms with Crippen molar-refractivity contribution in [2.75, 3.05) is 24.7 Å². The normalized spacial score (nSPS) is 11.7. The molecule has 0 aliphatic rings. The molecule has 0 heterocycles. The molecule has 0 fully saturated rings. The molecule has 3 aromatic rings. The molecular weight excluding hydrogens is 516 g/mol. The van der Waals surface area contributed by atoms with Crippen LogP contribution in [-0.2, 0) is 19.6 Å². The number of anilines is 2. The van der Waals surface area contributed by atoms with Crippen LogP contribution in [0.1, 0.15) is 34.6 Å². The number of esters is 2. The van der Waals surface area contributed by atoms with Gasteiger partial charge in [-0.15, -0.1) is 20.5 Å². The maximum Gasteiger partial charge on any atom is 0.340 e. The molecule has 14 heteroatoms. The fourth-order valence-corrected chi connectivity index (χ4v) is 3.80. The molecule has 38 heavy (non-hydrogen) atoms. The lowest BCUT2D eigenvalue weighted by molar-refractivity contribution is 0.0517. The van der Waals surface area contributed by atoms with Crippen LogP contribution in [0.4, 0.5) is 34.1 Å². The number of nitrogens with two attached hydrogens (primary N) is 2. The first-order valence-corrected chi connectivity index (χ1v) is 12.6. The Kier molecular flexibility index (Phi) is 8.83. The Balaban J connectivity index is 2.13. The highest BCUT2D eigenvalue weighted by Crippen LogP contribution is 2.43. The Morgan fingerprint density at radius 2 is 1.21 bits per heavy atom. The second kappa shape index (κ2) is 12.0. The van der Waals surface area contributed by atoms with Gasteiger partial charge >= 0.3 is 11.9 Å². The molecule has 0 atom stereocenters. The zero-order chi connectivity index (χ0) is 27.9. The summed E-state index contributed by atoms with van der Waals surface area (Å²) in [5, 5.41) is 15.9. The number of hydrogen-bond acceptors (Lipinski definition) is 12. The van der Waals surface area contributed by atoms with Crippen molar-refractivity contribution in [2.24, 2.45) is 20.5 Å². The number of nitrogens with zero attached hydrogens (tertiary/aromatic N) is 4. The molecule has 198 valence electrons. The molecule has 0 bridgehead atoms. The van der Waals surface area contributed by atoms with Crippen molar-refractivity contribution in [3.8, 4) is 0 Å². The fourth-order valence-electron chi connectivity index (χ4n) is 3.16. The Labute approximate surface area is 217 Å². The van der Waals surface area contributed by atoms with Gasteiger partial charge in [0.05, 0.1) is 35.7 Å². The van der Waals surface area contributed by atoms with Crippen LogP contribution in [0.2, 0.25) is 0 Å². The number of carbonyl (C=O) groups is 2. The minimum absolute atomic E-state index is 0.0912. The van der Waals surface area contributed by atoms with Crippen molar-refractivity contribution < 1.29 is 32.0 Å². The van der Waals surface area contributed by atoms with E-state index in [2.05, 4.69) is 20.5 Å². The Hall–Kier alpha value is -4.69. The summed E-state index contributed by atoms with van der Waals surface area (Å²) in [5.74, 6) is -1.29. The second-order valence-corrected chi connectivity index (χ2v) is 8.81. The van der Waals surface area contributed by atoms with E-state index in [1.54, 1.807) is 38.1 Å². The van der Waals surface area contributed by atoms with E-state index in [0.717, 1.165) is 6.07 Å². The molecule has 13 nitrogen and oxygen atoms in total. The molecule has 3 rings (SSSR count). The van der Waals surface area contributed by atoms with Crippen molar-refractivity contribution in [1.82, 2.24) is 0 Å². The first kappa shape index (κ1) is 27.9. The number of nitrogen functional groups attached to an aromatic ring is 2. The Morgan fingerprint density at radius 3 is 1.68 bits per heavy atom. The van der Waals surface area contributed by atoms with Crippen LogP contribution in [0.3, 0.4) is 0 Å². The van der Waals surface area contributed by atoms with E-state index >= 15 is 0 Å². The largest absolute Gasteiger partial charge is 0.462 e. The van der Waals surface area contributed by atoms with Crippen molar-refractivity contribution in [1.29, 1.82) is 0 Å². The average Bonchev–Trinajstić information content (AvgIpc) is 2.88. The number of benzene rings is 3. The standard InChI is InChI=1S/C24H24N6O7S/c1-3-36-23(31)14-9-5-7-11-16(14)27-29-18-13-19(38(33,34)35)21(26)22(20(18)25)30-28-17-12-8-6-10-15(17)24(32)37-4-2/h5-13H,3-4,25-26H2,1-2H3,(H,33,34,35). The molecule has 3 aromatic carbocycles. The topological polar surface area (TPSA) is 208 Å². The maximum atomic E-state index is 12.2. The summed E-state index contributed by atoms with van der Waals surface area (Å²) in [6.07, 6.45) is 0. The summed E-state index contributed by atoms with van der Waals surface area (Å²) >= 11 is 0. The van der Waals surface area contributed by atoms with E-state index in [0.29, 0.717) is 0 Å². The summed E-state index contributed by atoms with van der Waals surface area (Å²) in [6.45, 7) is 3.56. The molecule has 0 aliphatic carbocycles. The van der Waals surface area contributed by atoms with E-state index in [-0.39, 0.29) is 52.8 Å². The van der Waals surface area contributed by atoms with Crippen LogP contribution in [-0.4, -0.2) is 38.1 Å². The first-order chi connectivity index (χ1) is 18.1. The van der Waals surface area contributed by atoms with Crippen LogP contribution in [0.25, 0.3) is 0 Å². The number of hydrogen-bond donors (Lipinski definition) is 3. The van der Waals surface area contributed by atoms with Gasteiger partial charge < -0.3 is 20.9 Å². The molecule has 0 radical (unpaired) electrons. The van der Waals surface area contributed by atoms with Crippen molar-refractivity contribution in [3.63, 3.8) is 0 Å².